The lowest BCUT2D eigenvalue weighted by atomic mass is 9.79. The van der Waals surface area contributed by atoms with Gasteiger partial charge in [0.2, 0.25) is 0 Å². The molecule has 3 aliphatic rings. The van der Waals surface area contributed by atoms with Gasteiger partial charge in [0.1, 0.15) is 0 Å². The van der Waals surface area contributed by atoms with Gasteiger partial charge in [-0.15, -0.1) is 0 Å². The average Bonchev–Trinajstić information content (AvgIpc) is 3.15. The van der Waals surface area contributed by atoms with Crippen molar-refractivity contribution in [2.75, 3.05) is 0 Å². The molecule has 2 atom stereocenters. The van der Waals surface area contributed by atoms with Gasteiger partial charge in [-0.1, -0.05) is 174 Å². The van der Waals surface area contributed by atoms with Crippen LogP contribution in [-0.2, 0) is 0 Å². The van der Waals surface area contributed by atoms with Crippen LogP contribution in [0.1, 0.15) is 48.4 Å². The van der Waals surface area contributed by atoms with Crippen LogP contribution in [0.25, 0.3) is 16.3 Å². The van der Waals surface area contributed by atoms with Crippen LogP contribution in [0.5, 0.6) is 0 Å². The zero-order valence-electron chi connectivity index (χ0n) is 29.5. The molecule has 0 spiro atoms. The lowest BCUT2D eigenvalue weighted by molar-refractivity contribution is 0.785. The van der Waals surface area contributed by atoms with E-state index in [4.69, 9.17) is 0 Å². The molecule has 0 radical (unpaired) electrons. The lowest BCUT2D eigenvalue weighted by Gasteiger charge is -2.35. The molecule has 3 aliphatic carbocycles. The van der Waals surface area contributed by atoms with Gasteiger partial charge in [-0.3, -0.25) is 0 Å². The third-order valence-corrected chi connectivity index (χ3v) is 15.5. The molecule has 5 aromatic carbocycles. The molecule has 8 rings (SSSR count). The largest absolute Gasteiger partial charge is 0.0836 e. The average molecular weight is 683 g/mol. The Morgan fingerprint density at radius 1 is 0.580 bits per heavy atom. The zero-order chi connectivity index (χ0) is 34.2. The van der Waals surface area contributed by atoms with Crippen molar-refractivity contribution in [1.29, 1.82) is 0 Å². The molecular formula is C48H44P2. The van der Waals surface area contributed by atoms with Gasteiger partial charge in [0.25, 0.3) is 0 Å². The van der Waals surface area contributed by atoms with Gasteiger partial charge in [-0.2, -0.15) is 0 Å². The highest BCUT2D eigenvalue weighted by Crippen LogP contribution is 2.56. The van der Waals surface area contributed by atoms with Crippen LogP contribution in [0.2, 0.25) is 0 Å². The number of fused-ring (bicyclic) bond motifs is 2. The Bertz CT molecular complexity index is 2210. The summed E-state index contributed by atoms with van der Waals surface area (Å²) >= 11 is 0. The van der Waals surface area contributed by atoms with Gasteiger partial charge in [0.15, 0.2) is 0 Å². The summed E-state index contributed by atoms with van der Waals surface area (Å²) in [5, 5.41) is 11.4. The summed E-state index contributed by atoms with van der Waals surface area (Å²) < 4.78 is 0. The molecule has 0 nitrogen and oxygen atoms in total. The van der Waals surface area contributed by atoms with Gasteiger partial charge in [-0.25, -0.2) is 0 Å². The normalized spacial score (nSPS) is 17.8. The number of hydrogen-bond acceptors (Lipinski definition) is 0. The van der Waals surface area contributed by atoms with Gasteiger partial charge < -0.3 is 0 Å². The summed E-state index contributed by atoms with van der Waals surface area (Å²) in [5.74, 6) is 0.364. The van der Waals surface area contributed by atoms with E-state index in [1.165, 1.54) is 76.3 Å². The van der Waals surface area contributed by atoms with Gasteiger partial charge in [0, 0.05) is 5.92 Å². The van der Waals surface area contributed by atoms with Crippen molar-refractivity contribution in [2.45, 2.75) is 47.0 Å². The van der Waals surface area contributed by atoms with Crippen molar-refractivity contribution in [3.05, 3.63) is 196 Å². The third kappa shape index (κ3) is 6.37. The van der Waals surface area contributed by atoms with Crippen molar-refractivity contribution in [2.24, 2.45) is 5.92 Å². The highest BCUT2D eigenvalue weighted by molar-refractivity contribution is 7.77. The van der Waals surface area contributed by atoms with Crippen LogP contribution >= 0.6 is 15.8 Å². The van der Waals surface area contributed by atoms with Crippen LogP contribution in [-0.4, -0.2) is 0 Å². The Hall–Kier alpha value is -4.34. The Balaban J connectivity index is 1.49. The molecule has 246 valence electrons. The molecule has 0 saturated carbocycles. The molecule has 0 amide bonds. The Labute approximate surface area is 300 Å². The van der Waals surface area contributed by atoms with Crippen LogP contribution in [0.4, 0.5) is 0 Å². The Morgan fingerprint density at radius 3 is 1.82 bits per heavy atom. The molecule has 0 N–H and O–H groups in total. The summed E-state index contributed by atoms with van der Waals surface area (Å²) in [6.07, 6.45) is 20.2. The third-order valence-electron chi connectivity index (χ3n) is 10.4. The molecule has 0 bridgehead atoms. The predicted molar refractivity (Wildman–Crippen MR) is 222 cm³/mol. The minimum atomic E-state index is -0.844. The van der Waals surface area contributed by atoms with E-state index in [0.29, 0.717) is 5.92 Å². The molecule has 50 heavy (non-hydrogen) atoms. The number of hydrogen-bond donors (Lipinski definition) is 0. The van der Waals surface area contributed by atoms with E-state index in [1.807, 2.05) is 0 Å². The van der Waals surface area contributed by atoms with E-state index in [-0.39, 0.29) is 0 Å². The minimum absolute atomic E-state index is 0.364. The number of allylic oxidation sites excluding steroid dienone is 12. The van der Waals surface area contributed by atoms with Crippen LogP contribution in [0, 0.1) is 26.7 Å². The van der Waals surface area contributed by atoms with E-state index in [0.717, 1.165) is 19.3 Å². The second-order valence-corrected chi connectivity index (χ2v) is 18.5. The number of aryl methyl sites for hydroxylation is 3. The van der Waals surface area contributed by atoms with E-state index in [9.17, 15) is 0 Å². The predicted octanol–water partition coefficient (Wildman–Crippen LogP) is 11.7. The molecule has 5 aromatic rings. The minimum Gasteiger partial charge on any atom is -0.0836 e. The van der Waals surface area contributed by atoms with Crippen LogP contribution < -0.4 is 21.2 Å². The molecular weight excluding hydrogens is 638 g/mol. The maximum Gasteiger partial charge on any atom is 0.00623 e. The maximum absolute atomic E-state index is 2.52. The first-order chi connectivity index (χ1) is 24.4. The first kappa shape index (κ1) is 32.8. The zero-order valence-corrected chi connectivity index (χ0v) is 31.3. The fourth-order valence-corrected chi connectivity index (χ4v) is 12.6. The van der Waals surface area contributed by atoms with Crippen LogP contribution in [0.3, 0.4) is 0 Å². The summed E-state index contributed by atoms with van der Waals surface area (Å²) in [6, 6.07) is 42.1. The van der Waals surface area contributed by atoms with E-state index in [1.54, 1.807) is 5.31 Å². The highest BCUT2D eigenvalue weighted by atomic mass is 31.1. The number of benzene rings is 5. The molecule has 0 fully saturated rings. The lowest BCUT2D eigenvalue weighted by Crippen LogP contribution is -2.22. The van der Waals surface area contributed by atoms with Gasteiger partial charge >= 0.3 is 0 Å². The van der Waals surface area contributed by atoms with E-state index < -0.39 is 15.8 Å². The topological polar surface area (TPSA) is 0 Å². The summed E-state index contributed by atoms with van der Waals surface area (Å²) in [6.45, 7) is 8.86. The van der Waals surface area contributed by atoms with Crippen LogP contribution in [0.15, 0.2) is 174 Å². The fraction of sp³-hybridized carbons (Fsp3) is 0.167. The quantitative estimate of drug-likeness (QED) is 0.150. The Morgan fingerprint density at radius 2 is 1.20 bits per heavy atom. The highest BCUT2D eigenvalue weighted by Gasteiger charge is 2.33. The smallest absolute Gasteiger partial charge is 0.00623 e. The number of rotatable bonds is 7. The van der Waals surface area contributed by atoms with E-state index in [2.05, 4.69) is 179 Å². The molecule has 2 heteroatoms. The van der Waals surface area contributed by atoms with Crippen molar-refractivity contribution in [3.63, 3.8) is 0 Å². The van der Waals surface area contributed by atoms with Crippen molar-refractivity contribution in [1.82, 2.24) is 0 Å². The summed E-state index contributed by atoms with van der Waals surface area (Å²) in [5.41, 5.74) is 9.71. The first-order valence-electron chi connectivity index (χ1n) is 17.9. The maximum atomic E-state index is 2.52. The van der Waals surface area contributed by atoms with Gasteiger partial charge in [0.05, 0.1) is 0 Å². The SMILES string of the molecule is CC1=CC=C(P(c2ccc(C)cc2)c2ccc3ccccc3c2C2=C(P(c3ccc(C)cc3)c3ccc(C)cc3)C=CC3CC=CC=C23)CC1. The fourth-order valence-electron chi connectivity index (χ4n) is 7.59. The van der Waals surface area contributed by atoms with Crippen molar-refractivity contribution >= 4 is 53.4 Å². The first-order valence-corrected chi connectivity index (χ1v) is 20.6. The summed E-state index contributed by atoms with van der Waals surface area (Å²) in [7, 11) is -1.62. The molecule has 0 heterocycles. The molecule has 2 unspecified atom stereocenters. The molecule has 0 saturated heterocycles. The second kappa shape index (κ2) is 14.1. The molecule has 0 aliphatic heterocycles. The summed E-state index contributed by atoms with van der Waals surface area (Å²) in [4.78, 5) is 0. The van der Waals surface area contributed by atoms with E-state index >= 15 is 0 Å². The van der Waals surface area contributed by atoms with Gasteiger partial charge in [-0.05, 0) is 122 Å². The molecule has 0 aromatic heterocycles. The van der Waals surface area contributed by atoms with Crippen molar-refractivity contribution in [3.8, 4) is 0 Å². The standard InChI is InChI=1S/C48H44P2/c1-33-13-23-39(24-14-33)49(40-25-15-34(2)16-26-40)45-31-21-37-9-5-7-11-43(37)47(45)48-44-12-8-6-10-38(44)22-32-46(48)50(41-27-17-35(3)18-28-41)42-29-19-36(4)20-30-42/h5-9,11-15,17-25,27-32,38H,10,16,26H2,1-4H3. The second-order valence-electron chi connectivity index (χ2n) is 14.0. The van der Waals surface area contributed by atoms with Crippen molar-refractivity contribution < 1.29 is 0 Å². The monoisotopic (exact) mass is 682 g/mol. The Kier molecular flexibility index (Phi) is 9.27.